The van der Waals surface area contributed by atoms with Gasteiger partial charge in [-0.05, 0) is 110 Å². The first-order valence-electron chi connectivity index (χ1n) is 43.2. The zero-order chi connectivity index (χ0) is 90.4. The number of alkyl halides is 3. The third-order valence-electron chi connectivity index (χ3n) is 20.1. The molecule has 19 aromatic rings. The average molecular weight is 2860 g/mol. The van der Waals surface area contributed by atoms with Crippen LogP contribution in [0.2, 0.25) is 0 Å². The maximum absolute atomic E-state index is 12.9. The molecule has 8 nitrogen and oxygen atoms in total. The smallest absolute Gasteiger partial charge is 0.305 e. The molecule has 0 unspecified atom stereocenters. The molecule has 0 bridgehead atoms. The summed E-state index contributed by atoms with van der Waals surface area (Å²) < 4.78 is 62.3. The molecule has 0 aliphatic heterocycles. The number of nitrogens with zero attached hydrogens (tertiary/aromatic N) is 8. The number of unbranched alkanes of at least 4 members (excludes halogenated alkanes) is 3. The minimum atomic E-state index is -4.32. The van der Waals surface area contributed by atoms with Gasteiger partial charge in [-0.25, -0.2) is 0 Å². The van der Waals surface area contributed by atoms with Crippen molar-refractivity contribution in [3.8, 4) is 112 Å². The standard InChI is InChI=1S/2C17H12N.C15H9FN.3C15H16N.C12H7F3N.C11H7FN.6Ir/c1-2-8-14(9-3-1)15-10-4-5-11-16(15)17-12-6-7-13-18-17;1-2-6-14(7-3-1)15-9-11-16(12-10-15)17-8-4-5-13-18-17;16-13-7-5-12(6-8-13)15-14-4-2-1-3-11(14)9-10-17-15;3*1-2-3-6-13-8-10-14(11-9-13)15-7-4-5-12-16-15;13-12(14,15)10-6-4-9(5-7-10)11-3-1-2-8-16-11;12-10-6-4-9(5-7-10)11-3-1-2-8-13-11;;;;;;/h1-10,12-13H;1-11,13H;1-5,7-10H;3*4-5,7-10,12H,2-3,6H2,1H3;1-4,6-8H;1-4,6-8H;;;;;;/q8*-1;;;;;;+3. The van der Waals surface area contributed by atoms with Crippen LogP contribution in [0.5, 0.6) is 0 Å². The van der Waals surface area contributed by atoms with Gasteiger partial charge in [-0.1, -0.05) is 271 Å². The van der Waals surface area contributed by atoms with Crippen LogP contribution in [-0.4, -0.2) is 39.9 Å². The van der Waals surface area contributed by atoms with Crippen LogP contribution >= 0.6 is 0 Å². The fourth-order valence-electron chi connectivity index (χ4n) is 13.2. The molecule has 0 saturated heterocycles. The quantitative estimate of drug-likeness (QED) is 0.0583. The number of fused-ring (bicyclic) bond motifs is 1. The second-order valence-electron chi connectivity index (χ2n) is 29.5. The van der Waals surface area contributed by atoms with Crippen molar-refractivity contribution in [2.75, 3.05) is 0 Å². The summed E-state index contributed by atoms with van der Waals surface area (Å²) in [5, 5.41) is 2.17. The van der Waals surface area contributed by atoms with Crippen LogP contribution in [0.15, 0.2) is 414 Å². The number of pyridine rings is 8. The van der Waals surface area contributed by atoms with E-state index in [9.17, 15) is 22.0 Å². The first kappa shape index (κ1) is 113. The Labute approximate surface area is 877 Å². The molecule has 0 spiro atoms. The van der Waals surface area contributed by atoms with Gasteiger partial charge in [0.05, 0.1) is 0 Å². The predicted molar refractivity (Wildman–Crippen MR) is 517 cm³/mol. The van der Waals surface area contributed by atoms with E-state index in [0.717, 1.165) is 127 Å². The Morgan fingerprint density at radius 2 is 0.588 bits per heavy atom. The van der Waals surface area contributed by atoms with Gasteiger partial charge in [-0.2, -0.15) is 13.2 Å². The van der Waals surface area contributed by atoms with Crippen molar-refractivity contribution in [3.63, 3.8) is 0 Å². The molecule has 0 aliphatic rings. The Kier molecular flexibility index (Phi) is 52.4. The molecule has 136 heavy (non-hydrogen) atoms. The third-order valence-corrected chi connectivity index (χ3v) is 20.1. The Morgan fingerprint density at radius 3 is 0.919 bits per heavy atom. The molecule has 11 aromatic carbocycles. The fraction of sp³-hybridized carbons (Fsp3) is 0.111. The summed E-state index contributed by atoms with van der Waals surface area (Å²) in [6.07, 6.45) is 20.7. The number of benzene rings is 11. The van der Waals surface area contributed by atoms with Crippen LogP contribution in [0.25, 0.3) is 123 Å². The van der Waals surface area contributed by atoms with Crippen molar-refractivity contribution in [1.29, 1.82) is 0 Å². The Hall–Kier alpha value is -11.6. The second kappa shape index (κ2) is 63.0. The van der Waals surface area contributed by atoms with Crippen molar-refractivity contribution < 1.29 is 143 Å². The van der Waals surface area contributed by atoms with Crippen molar-refractivity contribution in [3.05, 3.63) is 496 Å². The normalized spacial score (nSPS) is 9.97. The van der Waals surface area contributed by atoms with E-state index in [1.54, 1.807) is 55.1 Å². The van der Waals surface area contributed by atoms with Gasteiger partial charge in [0.25, 0.3) is 0 Å². The minimum absolute atomic E-state index is 0. The van der Waals surface area contributed by atoms with Crippen LogP contribution in [0.3, 0.4) is 0 Å². The maximum atomic E-state index is 12.9. The third kappa shape index (κ3) is 37.2. The van der Waals surface area contributed by atoms with Crippen molar-refractivity contribution in [1.82, 2.24) is 39.9 Å². The van der Waals surface area contributed by atoms with Crippen LogP contribution in [0.1, 0.15) is 81.5 Å². The summed E-state index contributed by atoms with van der Waals surface area (Å²) >= 11 is 0. The molecule has 697 valence electrons. The number of aromatic nitrogens is 8. The number of rotatable bonds is 19. The van der Waals surface area contributed by atoms with Crippen LogP contribution in [0.4, 0.5) is 22.0 Å². The van der Waals surface area contributed by atoms with Gasteiger partial charge in [0.1, 0.15) is 0 Å². The van der Waals surface area contributed by atoms with E-state index < -0.39 is 11.7 Å². The first-order chi connectivity index (χ1) is 63.9. The van der Waals surface area contributed by atoms with Gasteiger partial charge in [0.15, 0.2) is 0 Å². The van der Waals surface area contributed by atoms with E-state index in [1.807, 2.05) is 219 Å². The molecular formula is C117H95F5Ir6N8-5. The number of halogens is 5. The molecule has 0 aliphatic carbocycles. The monoisotopic (exact) mass is 2860 g/mol. The molecule has 0 N–H and O–H groups in total. The Balaban J connectivity index is 0.000000238. The Bertz CT molecular complexity index is 6070. The number of aryl methyl sites for hydroxylation is 3. The molecule has 19 rings (SSSR count). The van der Waals surface area contributed by atoms with Gasteiger partial charge in [-0.15, -0.1) is 255 Å². The number of hydrogen-bond donors (Lipinski definition) is 0. The molecule has 0 amide bonds. The van der Waals surface area contributed by atoms with Gasteiger partial charge < -0.3 is 39.9 Å². The van der Waals surface area contributed by atoms with Crippen LogP contribution in [0, 0.1) is 60.2 Å². The van der Waals surface area contributed by atoms with E-state index in [1.165, 1.54) is 102 Å². The van der Waals surface area contributed by atoms with E-state index in [4.69, 9.17) is 0 Å². The van der Waals surface area contributed by atoms with Crippen molar-refractivity contribution in [2.45, 2.75) is 84.7 Å². The molecular weight excluding hydrogens is 2770 g/mol. The summed E-state index contributed by atoms with van der Waals surface area (Å²) in [7, 11) is 0. The topological polar surface area (TPSA) is 103 Å². The van der Waals surface area contributed by atoms with Gasteiger partial charge >= 0.3 is 26.3 Å². The molecule has 19 heteroatoms. The molecule has 0 atom stereocenters. The van der Waals surface area contributed by atoms with Gasteiger partial charge in [-0.3, -0.25) is 8.78 Å². The van der Waals surface area contributed by atoms with Crippen LogP contribution in [-0.2, 0) is 146 Å². The molecule has 0 fully saturated rings. The zero-order valence-electron chi connectivity index (χ0n) is 74.6. The maximum Gasteiger partial charge on any atom is 3.00 e. The second-order valence-corrected chi connectivity index (χ2v) is 29.5. The first-order valence-corrected chi connectivity index (χ1v) is 43.2. The summed E-state index contributed by atoms with van der Waals surface area (Å²) in [5.41, 5.74) is 22.7. The average Bonchev–Trinajstić information content (AvgIpc) is 0.812. The van der Waals surface area contributed by atoms with E-state index >= 15 is 0 Å². The fourth-order valence-corrected chi connectivity index (χ4v) is 13.2. The molecule has 5 radical (unpaired) electrons. The largest absolute Gasteiger partial charge is 3.00 e. The summed E-state index contributed by atoms with van der Waals surface area (Å²) in [5.74, 6) is -0.561. The summed E-state index contributed by atoms with van der Waals surface area (Å²) in [6, 6.07) is 139. The summed E-state index contributed by atoms with van der Waals surface area (Å²) in [6.45, 7) is 6.64. The minimum Gasteiger partial charge on any atom is -0.305 e. The van der Waals surface area contributed by atoms with Gasteiger partial charge in [0.2, 0.25) is 0 Å². The molecule has 8 heterocycles. The summed E-state index contributed by atoms with van der Waals surface area (Å²) in [4.78, 5) is 34.2. The molecule has 0 saturated carbocycles. The van der Waals surface area contributed by atoms with E-state index in [-0.39, 0.29) is 132 Å². The molecule has 8 aromatic heterocycles. The van der Waals surface area contributed by atoms with Crippen LogP contribution < -0.4 is 0 Å². The van der Waals surface area contributed by atoms with Crippen molar-refractivity contribution >= 4 is 10.8 Å². The SMILES string of the molecule is CCCCc1c[c-]c(-c2ccccn2)cc1.CCCCc1c[c-]c(-c2ccccn2)cc1.CCCCc1c[c-]c(-c2ccccn2)cc1.FC(F)(F)c1c[c-]c(-c2ccccn2)cc1.Fc1c[c-]c(-c2ccccn2)cc1.Fc1c[c-]c(-c2nccc3ccccc23)cc1.[Ir+3].[Ir].[Ir].[Ir].[Ir].[Ir].[c-]1cc(-c2ccccc2)ccc1-c1ccccn1.[c-]1cccc(-c2ccccc2)c1-c1ccccn1. The predicted octanol–water partition coefficient (Wildman–Crippen LogP) is 30.2. The van der Waals surface area contributed by atoms with Crippen molar-refractivity contribution in [2.24, 2.45) is 0 Å². The van der Waals surface area contributed by atoms with E-state index in [2.05, 4.69) is 206 Å². The Morgan fingerprint density at radius 1 is 0.257 bits per heavy atom. The zero-order valence-corrected chi connectivity index (χ0v) is 89.0. The van der Waals surface area contributed by atoms with E-state index in [0.29, 0.717) is 11.3 Å². The number of hydrogen-bond acceptors (Lipinski definition) is 8. The van der Waals surface area contributed by atoms with Gasteiger partial charge in [0, 0.05) is 162 Å².